The molecular weight excluding hydrogens is 294 g/mol. The van der Waals surface area contributed by atoms with E-state index in [1.54, 1.807) is 0 Å². The summed E-state index contributed by atoms with van der Waals surface area (Å²) in [5.41, 5.74) is 2.19. The molecule has 1 rings (SSSR count). The first-order valence-electron chi connectivity index (χ1n) is 6.03. The van der Waals surface area contributed by atoms with Crippen LogP contribution in [0.5, 0.6) is 0 Å². The highest BCUT2D eigenvalue weighted by atomic mass is 79.9. The van der Waals surface area contributed by atoms with Gasteiger partial charge in [-0.2, -0.15) is 0 Å². The third kappa shape index (κ3) is 4.02. The molecule has 4 heteroatoms. The van der Waals surface area contributed by atoms with Crippen molar-refractivity contribution in [2.24, 2.45) is 11.8 Å². The van der Waals surface area contributed by atoms with E-state index in [4.69, 9.17) is 4.74 Å². The Labute approximate surface area is 117 Å². The van der Waals surface area contributed by atoms with Crippen LogP contribution in [0.1, 0.15) is 19.4 Å². The van der Waals surface area contributed by atoms with Gasteiger partial charge >= 0.3 is 5.97 Å². The van der Waals surface area contributed by atoms with Crippen molar-refractivity contribution in [1.82, 2.24) is 0 Å². The number of nitrogens with one attached hydrogen (secondary N) is 1. The monoisotopic (exact) mass is 313 g/mol. The summed E-state index contributed by atoms with van der Waals surface area (Å²) in [5, 5.41) is 3.28. The van der Waals surface area contributed by atoms with E-state index in [1.165, 1.54) is 12.7 Å². The summed E-state index contributed by atoms with van der Waals surface area (Å²) in [4.78, 5) is 11.6. The van der Waals surface area contributed by atoms with E-state index in [-0.39, 0.29) is 17.8 Å². The number of anilines is 1. The molecule has 100 valence electrons. The Kier molecular flexibility index (Phi) is 5.66. The molecule has 1 unspecified atom stereocenters. The molecule has 1 N–H and O–H groups in total. The van der Waals surface area contributed by atoms with Gasteiger partial charge in [-0.15, -0.1) is 0 Å². The summed E-state index contributed by atoms with van der Waals surface area (Å²) >= 11 is 3.49. The lowest BCUT2D eigenvalue weighted by Crippen LogP contribution is -2.28. The molecule has 1 atom stereocenters. The fourth-order valence-electron chi connectivity index (χ4n) is 1.67. The van der Waals surface area contributed by atoms with E-state index in [1.807, 2.05) is 39.0 Å². The maximum atomic E-state index is 11.6. The van der Waals surface area contributed by atoms with Crippen LogP contribution in [-0.4, -0.2) is 19.6 Å². The van der Waals surface area contributed by atoms with Gasteiger partial charge in [0.2, 0.25) is 0 Å². The highest BCUT2D eigenvalue weighted by Gasteiger charge is 2.22. The van der Waals surface area contributed by atoms with Gasteiger partial charge in [-0.3, -0.25) is 4.79 Å². The Balaban J connectivity index is 2.67. The Morgan fingerprint density at radius 1 is 1.44 bits per heavy atom. The molecule has 3 nitrogen and oxygen atoms in total. The predicted octanol–water partition coefficient (Wildman–Crippen LogP) is 3.61. The second kappa shape index (κ2) is 6.78. The zero-order valence-corrected chi connectivity index (χ0v) is 12.9. The van der Waals surface area contributed by atoms with Gasteiger partial charge in [-0.25, -0.2) is 0 Å². The lowest BCUT2D eigenvalue weighted by molar-refractivity contribution is -0.146. The van der Waals surface area contributed by atoms with Gasteiger partial charge in [0.05, 0.1) is 13.0 Å². The van der Waals surface area contributed by atoms with E-state index >= 15 is 0 Å². The van der Waals surface area contributed by atoms with Crippen LogP contribution in [0, 0.1) is 18.8 Å². The molecule has 0 saturated heterocycles. The highest BCUT2D eigenvalue weighted by molar-refractivity contribution is 9.10. The van der Waals surface area contributed by atoms with Crippen molar-refractivity contribution < 1.29 is 9.53 Å². The predicted molar refractivity (Wildman–Crippen MR) is 77.7 cm³/mol. The summed E-state index contributed by atoms with van der Waals surface area (Å²) in [7, 11) is 1.43. The van der Waals surface area contributed by atoms with Crippen molar-refractivity contribution in [3.8, 4) is 0 Å². The second-order valence-electron chi connectivity index (χ2n) is 4.72. The standard InChI is InChI=1S/C14H20BrNO2/c1-9(2)12(14(17)18-4)8-16-11-6-5-10(3)13(15)7-11/h5-7,9,12,16H,8H2,1-4H3. The van der Waals surface area contributed by atoms with Crippen LogP contribution < -0.4 is 5.32 Å². The fraction of sp³-hybridized carbons (Fsp3) is 0.500. The third-order valence-electron chi connectivity index (χ3n) is 3.01. The minimum Gasteiger partial charge on any atom is -0.469 e. The van der Waals surface area contributed by atoms with Gasteiger partial charge in [0.25, 0.3) is 0 Å². The highest BCUT2D eigenvalue weighted by Crippen LogP contribution is 2.21. The van der Waals surface area contributed by atoms with E-state index < -0.39 is 0 Å². The van der Waals surface area contributed by atoms with E-state index in [0.717, 1.165) is 10.2 Å². The van der Waals surface area contributed by atoms with Gasteiger partial charge < -0.3 is 10.1 Å². The molecule has 0 aliphatic heterocycles. The maximum Gasteiger partial charge on any atom is 0.310 e. The molecule has 0 bridgehead atoms. The summed E-state index contributed by atoms with van der Waals surface area (Å²) < 4.78 is 5.88. The average Bonchev–Trinajstić information content (AvgIpc) is 2.33. The molecule has 1 aromatic carbocycles. The van der Waals surface area contributed by atoms with E-state index in [0.29, 0.717) is 6.54 Å². The van der Waals surface area contributed by atoms with Crippen molar-refractivity contribution in [3.05, 3.63) is 28.2 Å². The van der Waals surface area contributed by atoms with Crippen LogP contribution >= 0.6 is 15.9 Å². The molecule has 18 heavy (non-hydrogen) atoms. The number of rotatable bonds is 5. The summed E-state index contributed by atoms with van der Waals surface area (Å²) in [6, 6.07) is 6.06. The Bertz CT molecular complexity index is 418. The number of hydrogen-bond donors (Lipinski definition) is 1. The van der Waals surface area contributed by atoms with Gasteiger partial charge in [-0.05, 0) is 30.5 Å². The summed E-state index contributed by atoms with van der Waals surface area (Å²) in [5.74, 6) is -0.0439. The smallest absolute Gasteiger partial charge is 0.310 e. The molecule has 0 saturated carbocycles. The third-order valence-corrected chi connectivity index (χ3v) is 3.86. The second-order valence-corrected chi connectivity index (χ2v) is 5.57. The minimum absolute atomic E-state index is 0.130. The Hall–Kier alpha value is -1.03. The van der Waals surface area contributed by atoms with Gasteiger partial charge in [0.15, 0.2) is 0 Å². The molecule has 0 radical (unpaired) electrons. The van der Waals surface area contributed by atoms with Gasteiger partial charge in [-0.1, -0.05) is 35.8 Å². The van der Waals surface area contributed by atoms with Crippen LogP contribution in [0.4, 0.5) is 5.69 Å². The molecule has 0 spiro atoms. The SMILES string of the molecule is COC(=O)C(CNc1ccc(C)c(Br)c1)C(C)C. The van der Waals surface area contributed by atoms with E-state index in [9.17, 15) is 4.79 Å². The van der Waals surface area contributed by atoms with Crippen molar-refractivity contribution in [2.45, 2.75) is 20.8 Å². The van der Waals surface area contributed by atoms with Crippen LogP contribution in [0.3, 0.4) is 0 Å². The first kappa shape index (κ1) is 15.0. The van der Waals surface area contributed by atoms with Crippen molar-refractivity contribution in [3.63, 3.8) is 0 Å². The topological polar surface area (TPSA) is 38.3 Å². The zero-order valence-electron chi connectivity index (χ0n) is 11.3. The molecule has 0 heterocycles. The molecular formula is C14H20BrNO2. The normalized spacial score (nSPS) is 12.3. The molecule has 1 aromatic rings. The largest absolute Gasteiger partial charge is 0.469 e. The number of aryl methyl sites for hydroxylation is 1. The van der Waals surface area contributed by atoms with Crippen molar-refractivity contribution in [2.75, 3.05) is 19.0 Å². The van der Waals surface area contributed by atoms with Gasteiger partial charge in [0, 0.05) is 16.7 Å². The zero-order chi connectivity index (χ0) is 13.7. The van der Waals surface area contributed by atoms with Crippen molar-refractivity contribution >= 4 is 27.6 Å². The Morgan fingerprint density at radius 3 is 2.61 bits per heavy atom. The van der Waals surface area contributed by atoms with Crippen molar-refractivity contribution in [1.29, 1.82) is 0 Å². The number of ether oxygens (including phenoxy) is 1. The van der Waals surface area contributed by atoms with E-state index in [2.05, 4.69) is 21.2 Å². The molecule has 0 aliphatic carbocycles. The quantitative estimate of drug-likeness (QED) is 0.844. The molecule has 0 fully saturated rings. The van der Waals surface area contributed by atoms with Gasteiger partial charge in [0.1, 0.15) is 0 Å². The molecule has 0 amide bonds. The number of methoxy groups -OCH3 is 1. The molecule has 0 aliphatic rings. The summed E-state index contributed by atoms with van der Waals surface area (Å²) in [6.07, 6.45) is 0. The number of hydrogen-bond acceptors (Lipinski definition) is 3. The average molecular weight is 314 g/mol. The number of benzene rings is 1. The first-order chi connectivity index (χ1) is 8.45. The first-order valence-corrected chi connectivity index (χ1v) is 6.83. The van der Waals surface area contributed by atoms with Crippen LogP contribution in [0.15, 0.2) is 22.7 Å². The molecule has 0 aromatic heterocycles. The summed E-state index contributed by atoms with van der Waals surface area (Å²) in [6.45, 7) is 6.67. The maximum absolute atomic E-state index is 11.6. The number of halogens is 1. The van der Waals surface area contributed by atoms with Crippen LogP contribution in [0.2, 0.25) is 0 Å². The number of esters is 1. The number of carbonyl (C=O) groups is 1. The fourth-order valence-corrected chi connectivity index (χ4v) is 2.05. The number of carbonyl (C=O) groups excluding carboxylic acids is 1. The lowest BCUT2D eigenvalue weighted by atomic mass is 9.96. The lowest BCUT2D eigenvalue weighted by Gasteiger charge is -2.19. The van der Waals surface area contributed by atoms with Crippen LogP contribution in [-0.2, 0) is 9.53 Å². The Morgan fingerprint density at radius 2 is 2.11 bits per heavy atom. The minimum atomic E-state index is -0.163. The van der Waals surface area contributed by atoms with Crippen LogP contribution in [0.25, 0.3) is 0 Å².